The number of alkyl halides is 3. The molecule has 1 atom stereocenters. The molecule has 0 saturated heterocycles. The molecular weight excluding hydrogens is 211 g/mol. The molecule has 0 heterocycles. The molecule has 84 valence electrons. The van der Waals surface area contributed by atoms with Crippen molar-refractivity contribution in [2.75, 3.05) is 0 Å². The minimum absolute atomic E-state index is 0.268. The first-order valence-electron chi connectivity index (χ1n) is 4.13. The van der Waals surface area contributed by atoms with E-state index in [9.17, 15) is 13.2 Å². The molecule has 0 aliphatic heterocycles. The van der Waals surface area contributed by atoms with Crippen molar-refractivity contribution in [3.63, 3.8) is 0 Å². The highest BCUT2D eigenvalue weighted by Gasteiger charge is 2.30. The number of rotatable bonds is 3. The number of hydrogen-bond acceptors (Lipinski definition) is 3. The van der Waals surface area contributed by atoms with Crippen LogP contribution in [0.2, 0.25) is 0 Å². The van der Waals surface area contributed by atoms with Crippen LogP contribution in [-0.2, 0) is 4.84 Å². The van der Waals surface area contributed by atoms with Gasteiger partial charge in [0.05, 0.1) is 0 Å². The molecule has 1 rings (SSSR count). The van der Waals surface area contributed by atoms with Gasteiger partial charge in [-0.05, 0) is 24.6 Å². The SMILES string of the molecule is CC(ON)c1ccc(OC(F)(F)F)cc1. The van der Waals surface area contributed by atoms with Crippen LogP contribution in [0.5, 0.6) is 5.75 Å². The summed E-state index contributed by atoms with van der Waals surface area (Å²) in [4.78, 5) is 4.51. The fourth-order valence-corrected chi connectivity index (χ4v) is 1.02. The zero-order chi connectivity index (χ0) is 11.5. The van der Waals surface area contributed by atoms with Crippen molar-refractivity contribution in [1.82, 2.24) is 0 Å². The second kappa shape index (κ2) is 4.50. The number of halogens is 3. The molecule has 0 bridgehead atoms. The fourth-order valence-electron chi connectivity index (χ4n) is 1.02. The molecule has 6 heteroatoms. The van der Waals surface area contributed by atoms with Crippen LogP contribution in [0.25, 0.3) is 0 Å². The summed E-state index contributed by atoms with van der Waals surface area (Å²) in [5, 5.41) is 0. The van der Waals surface area contributed by atoms with Gasteiger partial charge in [-0.1, -0.05) is 12.1 Å². The van der Waals surface area contributed by atoms with E-state index in [1.165, 1.54) is 24.3 Å². The Bertz CT molecular complexity index is 310. The highest BCUT2D eigenvalue weighted by molar-refractivity contribution is 5.28. The summed E-state index contributed by atoms with van der Waals surface area (Å²) >= 11 is 0. The highest BCUT2D eigenvalue weighted by Crippen LogP contribution is 2.24. The number of ether oxygens (including phenoxy) is 1. The maximum Gasteiger partial charge on any atom is 0.573 e. The Morgan fingerprint density at radius 2 is 1.73 bits per heavy atom. The van der Waals surface area contributed by atoms with Crippen molar-refractivity contribution in [2.45, 2.75) is 19.4 Å². The molecule has 0 radical (unpaired) electrons. The van der Waals surface area contributed by atoms with Crippen LogP contribution in [0.15, 0.2) is 24.3 Å². The summed E-state index contributed by atoms with van der Waals surface area (Å²) in [5.74, 6) is 4.66. The van der Waals surface area contributed by atoms with Crippen LogP contribution in [0.3, 0.4) is 0 Å². The molecule has 1 aromatic rings. The summed E-state index contributed by atoms with van der Waals surface area (Å²) in [5.41, 5.74) is 0.673. The first-order valence-corrected chi connectivity index (χ1v) is 4.13. The van der Waals surface area contributed by atoms with Gasteiger partial charge in [0.1, 0.15) is 11.9 Å². The van der Waals surface area contributed by atoms with E-state index in [0.717, 1.165) is 0 Å². The van der Waals surface area contributed by atoms with Crippen molar-refractivity contribution in [2.24, 2.45) is 5.90 Å². The predicted molar refractivity (Wildman–Crippen MR) is 46.8 cm³/mol. The lowest BCUT2D eigenvalue weighted by Gasteiger charge is -2.11. The molecule has 15 heavy (non-hydrogen) atoms. The maximum atomic E-state index is 11.8. The van der Waals surface area contributed by atoms with E-state index in [4.69, 9.17) is 5.90 Å². The molecule has 0 spiro atoms. The van der Waals surface area contributed by atoms with Crippen molar-refractivity contribution in [3.05, 3.63) is 29.8 Å². The lowest BCUT2D eigenvalue weighted by Crippen LogP contribution is -2.17. The first-order chi connectivity index (χ1) is 6.92. The summed E-state index contributed by atoms with van der Waals surface area (Å²) in [6, 6.07) is 5.33. The zero-order valence-corrected chi connectivity index (χ0v) is 7.91. The first kappa shape index (κ1) is 11.8. The molecule has 0 aromatic heterocycles. The van der Waals surface area contributed by atoms with Crippen molar-refractivity contribution >= 4 is 0 Å². The molecule has 1 unspecified atom stereocenters. The average molecular weight is 221 g/mol. The summed E-state index contributed by atoms with van der Waals surface area (Å²) in [7, 11) is 0. The van der Waals surface area contributed by atoms with E-state index in [0.29, 0.717) is 5.56 Å². The van der Waals surface area contributed by atoms with Gasteiger partial charge in [0.25, 0.3) is 0 Å². The van der Waals surface area contributed by atoms with Crippen LogP contribution in [0.4, 0.5) is 13.2 Å². The predicted octanol–water partition coefficient (Wildman–Crippen LogP) is 2.54. The van der Waals surface area contributed by atoms with Gasteiger partial charge in [-0.25, -0.2) is 5.90 Å². The van der Waals surface area contributed by atoms with E-state index in [-0.39, 0.29) is 11.9 Å². The van der Waals surface area contributed by atoms with Gasteiger partial charge in [-0.15, -0.1) is 13.2 Å². The quantitative estimate of drug-likeness (QED) is 0.797. The van der Waals surface area contributed by atoms with Gasteiger partial charge in [-0.2, -0.15) is 0 Å². The van der Waals surface area contributed by atoms with Gasteiger partial charge >= 0.3 is 6.36 Å². The van der Waals surface area contributed by atoms with E-state index in [2.05, 4.69) is 9.57 Å². The lowest BCUT2D eigenvalue weighted by molar-refractivity contribution is -0.274. The third-order valence-corrected chi connectivity index (χ3v) is 1.79. The Labute approximate surface area is 84.5 Å². The van der Waals surface area contributed by atoms with Crippen LogP contribution in [0.1, 0.15) is 18.6 Å². The average Bonchev–Trinajstić information content (AvgIpc) is 2.15. The monoisotopic (exact) mass is 221 g/mol. The van der Waals surface area contributed by atoms with E-state index in [1.807, 2.05) is 0 Å². The number of benzene rings is 1. The van der Waals surface area contributed by atoms with Gasteiger partial charge in [-0.3, -0.25) is 4.84 Å². The molecule has 0 amide bonds. The molecule has 1 aromatic carbocycles. The Kier molecular flexibility index (Phi) is 3.54. The normalized spacial score (nSPS) is 13.7. The van der Waals surface area contributed by atoms with Gasteiger partial charge in [0.15, 0.2) is 0 Å². The Hall–Kier alpha value is -1.27. The smallest absolute Gasteiger partial charge is 0.406 e. The van der Waals surface area contributed by atoms with Gasteiger partial charge < -0.3 is 4.74 Å². The minimum atomic E-state index is -4.67. The van der Waals surface area contributed by atoms with Gasteiger partial charge in [0, 0.05) is 0 Å². The lowest BCUT2D eigenvalue weighted by atomic mass is 10.1. The summed E-state index contributed by atoms with van der Waals surface area (Å²) < 4.78 is 39.1. The fraction of sp³-hybridized carbons (Fsp3) is 0.333. The third kappa shape index (κ3) is 3.77. The standard InChI is InChI=1S/C9H10F3NO2/c1-6(15-13)7-2-4-8(5-3-7)14-9(10,11)12/h2-6H,13H2,1H3. The molecule has 2 N–H and O–H groups in total. The molecule has 0 fully saturated rings. The van der Waals surface area contributed by atoms with Crippen LogP contribution in [0, 0.1) is 0 Å². The molecule has 3 nitrogen and oxygen atoms in total. The van der Waals surface area contributed by atoms with Crippen molar-refractivity contribution in [1.29, 1.82) is 0 Å². The van der Waals surface area contributed by atoms with Gasteiger partial charge in [0.2, 0.25) is 0 Å². The topological polar surface area (TPSA) is 44.5 Å². The van der Waals surface area contributed by atoms with Crippen LogP contribution < -0.4 is 10.6 Å². The second-order valence-electron chi connectivity index (χ2n) is 2.90. The zero-order valence-electron chi connectivity index (χ0n) is 7.91. The Morgan fingerprint density at radius 3 is 2.13 bits per heavy atom. The third-order valence-electron chi connectivity index (χ3n) is 1.79. The largest absolute Gasteiger partial charge is 0.573 e. The van der Waals surface area contributed by atoms with Crippen LogP contribution >= 0.6 is 0 Å². The Morgan fingerprint density at radius 1 is 1.20 bits per heavy atom. The van der Waals surface area contributed by atoms with E-state index >= 15 is 0 Å². The maximum absolute atomic E-state index is 11.8. The molecule has 0 aliphatic rings. The van der Waals surface area contributed by atoms with Crippen LogP contribution in [-0.4, -0.2) is 6.36 Å². The second-order valence-corrected chi connectivity index (χ2v) is 2.90. The molecular formula is C9H10F3NO2. The summed E-state index contributed by atoms with van der Waals surface area (Å²) in [6.45, 7) is 1.68. The van der Waals surface area contributed by atoms with Crippen molar-refractivity contribution < 1.29 is 22.7 Å². The molecule has 0 saturated carbocycles. The van der Waals surface area contributed by atoms with E-state index < -0.39 is 6.36 Å². The summed E-state index contributed by atoms with van der Waals surface area (Å²) in [6.07, 6.45) is -5.04. The highest BCUT2D eigenvalue weighted by atomic mass is 19.4. The minimum Gasteiger partial charge on any atom is -0.406 e. The van der Waals surface area contributed by atoms with E-state index in [1.54, 1.807) is 6.92 Å². The Balaban J connectivity index is 2.72. The van der Waals surface area contributed by atoms with Crippen molar-refractivity contribution in [3.8, 4) is 5.75 Å². The number of nitrogens with two attached hydrogens (primary N) is 1. The number of hydrogen-bond donors (Lipinski definition) is 1. The molecule has 0 aliphatic carbocycles.